The van der Waals surface area contributed by atoms with Gasteiger partial charge in [-0.05, 0) is 18.6 Å². The molecule has 0 atom stereocenters. The molecular weight excluding hydrogens is 122 g/mol. The van der Waals surface area contributed by atoms with Crippen molar-refractivity contribution >= 4 is 5.69 Å². The molecule has 0 aliphatic rings. The van der Waals surface area contributed by atoms with Crippen LogP contribution in [0.25, 0.3) is 0 Å². The van der Waals surface area contributed by atoms with Crippen molar-refractivity contribution in [2.24, 2.45) is 0 Å². The van der Waals surface area contributed by atoms with Gasteiger partial charge in [-0.15, -0.1) is 0 Å². The van der Waals surface area contributed by atoms with Crippen LogP contribution in [0.2, 0.25) is 0 Å². The maximum atomic E-state index is 2.20. The van der Waals surface area contributed by atoms with Gasteiger partial charge in [-0.1, -0.05) is 12.1 Å². The highest BCUT2D eigenvalue weighted by molar-refractivity contribution is 5.32. The number of rotatable bonds is 1. The van der Waals surface area contributed by atoms with E-state index in [1.807, 2.05) is 0 Å². The van der Waals surface area contributed by atoms with Crippen molar-refractivity contribution in [3.05, 3.63) is 29.8 Å². The smallest absolute Gasteiger partial charge is 0.131 e. The molecule has 1 aromatic carbocycles. The average molecular weight is 136 g/mol. The summed E-state index contributed by atoms with van der Waals surface area (Å²) < 4.78 is 0. The van der Waals surface area contributed by atoms with Crippen molar-refractivity contribution < 1.29 is 4.90 Å². The first-order valence-electron chi connectivity index (χ1n) is 3.57. The molecule has 1 aromatic rings. The molecule has 0 fully saturated rings. The van der Waals surface area contributed by atoms with E-state index in [4.69, 9.17) is 0 Å². The molecule has 0 heterocycles. The minimum absolute atomic E-state index is 1.33. The summed E-state index contributed by atoms with van der Waals surface area (Å²) in [4.78, 5) is 1.38. The fourth-order valence-electron chi connectivity index (χ4n) is 0.956. The van der Waals surface area contributed by atoms with Gasteiger partial charge in [0.25, 0.3) is 0 Å². The van der Waals surface area contributed by atoms with Crippen LogP contribution >= 0.6 is 0 Å². The SMILES string of the molecule is Cc1cccc([NH+](C)C)c1. The first-order chi connectivity index (χ1) is 4.70. The zero-order valence-corrected chi connectivity index (χ0v) is 6.81. The molecule has 0 bridgehead atoms. The summed E-state index contributed by atoms with van der Waals surface area (Å²) in [6, 6.07) is 8.56. The summed E-state index contributed by atoms with van der Waals surface area (Å²) in [5.41, 5.74) is 2.68. The number of benzene rings is 1. The monoisotopic (exact) mass is 136 g/mol. The second-order valence-electron chi connectivity index (χ2n) is 2.87. The van der Waals surface area contributed by atoms with E-state index >= 15 is 0 Å². The van der Waals surface area contributed by atoms with Crippen molar-refractivity contribution in [2.45, 2.75) is 6.92 Å². The maximum Gasteiger partial charge on any atom is 0.131 e. The van der Waals surface area contributed by atoms with Gasteiger partial charge < -0.3 is 4.90 Å². The quantitative estimate of drug-likeness (QED) is 0.581. The van der Waals surface area contributed by atoms with E-state index in [0.29, 0.717) is 0 Å². The summed E-state index contributed by atoms with van der Waals surface area (Å²) >= 11 is 0. The summed E-state index contributed by atoms with van der Waals surface area (Å²) in [6.07, 6.45) is 0. The molecular formula is C9H14N+. The molecule has 1 rings (SSSR count). The number of quaternary nitrogens is 1. The first kappa shape index (κ1) is 7.29. The molecule has 0 spiro atoms. The van der Waals surface area contributed by atoms with Gasteiger partial charge in [-0.2, -0.15) is 0 Å². The summed E-state index contributed by atoms with van der Waals surface area (Å²) in [6.45, 7) is 2.12. The molecule has 0 aromatic heterocycles. The lowest BCUT2D eigenvalue weighted by atomic mass is 10.2. The topological polar surface area (TPSA) is 4.44 Å². The Kier molecular flexibility index (Phi) is 2.07. The van der Waals surface area contributed by atoms with Crippen LogP contribution in [0.4, 0.5) is 5.69 Å². The Bertz CT molecular complexity index is 216. The number of nitrogens with one attached hydrogen (secondary N) is 1. The van der Waals surface area contributed by atoms with Crippen LogP contribution in [0.15, 0.2) is 24.3 Å². The molecule has 1 N–H and O–H groups in total. The molecule has 0 saturated carbocycles. The van der Waals surface area contributed by atoms with Crippen LogP contribution in [-0.4, -0.2) is 14.1 Å². The molecule has 10 heavy (non-hydrogen) atoms. The van der Waals surface area contributed by atoms with Gasteiger partial charge in [-0.3, -0.25) is 0 Å². The summed E-state index contributed by atoms with van der Waals surface area (Å²) in [5.74, 6) is 0. The third-order valence-corrected chi connectivity index (χ3v) is 1.60. The van der Waals surface area contributed by atoms with Crippen molar-refractivity contribution in [3.63, 3.8) is 0 Å². The van der Waals surface area contributed by atoms with Crippen molar-refractivity contribution in [1.82, 2.24) is 0 Å². The Morgan fingerprint density at radius 3 is 2.30 bits per heavy atom. The van der Waals surface area contributed by atoms with Gasteiger partial charge in [0.05, 0.1) is 14.1 Å². The average Bonchev–Trinajstić information content (AvgIpc) is 1.88. The molecule has 0 radical (unpaired) electrons. The van der Waals surface area contributed by atoms with E-state index in [1.54, 1.807) is 0 Å². The highest BCUT2D eigenvalue weighted by Gasteiger charge is 1.97. The van der Waals surface area contributed by atoms with Crippen LogP contribution in [-0.2, 0) is 0 Å². The third kappa shape index (κ3) is 1.58. The minimum Gasteiger partial charge on any atom is -0.307 e. The largest absolute Gasteiger partial charge is 0.307 e. The molecule has 1 heteroatoms. The van der Waals surface area contributed by atoms with Crippen LogP contribution in [0.3, 0.4) is 0 Å². The Morgan fingerprint density at radius 1 is 1.20 bits per heavy atom. The van der Waals surface area contributed by atoms with Gasteiger partial charge >= 0.3 is 0 Å². The molecule has 54 valence electrons. The predicted octanol–water partition coefficient (Wildman–Crippen LogP) is 0.771. The second kappa shape index (κ2) is 2.84. The van der Waals surface area contributed by atoms with E-state index in [0.717, 1.165) is 0 Å². The Balaban J connectivity index is 2.96. The maximum absolute atomic E-state index is 2.20. The van der Waals surface area contributed by atoms with E-state index < -0.39 is 0 Å². The highest BCUT2D eigenvalue weighted by atomic mass is 15.1. The van der Waals surface area contributed by atoms with Gasteiger partial charge in [0.2, 0.25) is 0 Å². The lowest BCUT2D eigenvalue weighted by Gasteiger charge is -2.05. The van der Waals surface area contributed by atoms with Gasteiger partial charge in [0.1, 0.15) is 5.69 Å². The summed E-state index contributed by atoms with van der Waals surface area (Å²) in [5, 5.41) is 0. The van der Waals surface area contributed by atoms with Gasteiger partial charge in [0, 0.05) is 6.07 Å². The predicted molar refractivity (Wildman–Crippen MR) is 43.6 cm³/mol. The van der Waals surface area contributed by atoms with Gasteiger partial charge in [0.15, 0.2) is 0 Å². The normalized spacial score (nSPS) is 10.4. The van der Waals surface area contributed by atoms with Crippen LogP contribution in [0.1, 0.15) is 5.56 Å². The van der Waals surface area contributed by atoms with E-state index in [1.165, 1.54) is 16.2 Å². The fraction of sp³-hybridized carbons (Fsp3) is 0.333. The lowest BCUT2D eigenvalue weighted by molar-refractivity contribution is -0.786. The van der Waals surface area contributed by atoms with E-state index in [9.17, 15) is 0 Å². The first-order valence-corrected chi connectivity index (χ1v) is 3.57. The molecule has 0 aliphatic heterocycles. The standard InChI is InChI=1S/C9H13N/c1-8-5-4-6-9(7-8)10(2)3/h4-7H,1-3H3/p+1. The van der Waals surface area contributed by atoms with Crippen molar-refractivity contribution in [3.8, 4) is 0 Å². The zero-order valence-electron chi connectivity index (χ0n) is 6.81. The molecule has 0 amide bonds. The Morgan fingerprint density at radius 2 is 1.90 bits per heavy atom. The molecule has 0 aliphatic carbocycles. The van der Waals surface area contributed by atoms with Gasteiger partial charge in [-0.25, -0.2) is 0 Å². The van der Waals surface area contributed by atoms with E-state index in [-0.39, 0.29) is 0 Å². The fourth-order valence-corrected chi connectivity index (χ4v) is 0.956. The van der Waals surface area contributed by atoms with Crippen molar-refractivity contribution in [2.75, 3.05) is 14.1 Å². The minimum atomic E-state index is 1.33. The van der Waals surface area contributed by atoms with Crippen molar-refractivity contribution in [1.29, 1.82) is 0 Å². The summed E-state index contributed by atoms with van der Waals surface area (Å²) in [7, 11) is 4.27. The second-order valence-corrected chi connectivity index (χ2v) is 2.87. The van der Waals surface area contributed by atoms with Crippen LogP contribution in [0.5, 0.6) is 0 Å². The number of hydrogen-bond acceptors (Lipinski definition) is 0. The molecule has 1 nitrogen and oxygen atoms in total. The Hall–Kier alpha value is -0.820. The molecule has 0 unspecified atom stereocenters. The number of hydrogen-bond donors (Lipinski definition) is 1. The molecule has 0 saturated heterocycles. The third-order valence-electron chi connectivity index (χ3n) is 1.60. The lowest BCUT2D eigenvalue weighted by Crippen LogP contribution is -3.00. The van der Waals surface area contributed by atoms with Crippen LogP contribution < -0.4 is 4.90 Å². The zero-order chi connectivity index (χ0) is 7.56. The highest BCUT2D eigenvalue weighted by Crippen LogP contribution is 2.03. The van der Waals surface area contributed by atoms with E-state index in [2.05, 4.69) is 45.3 Å². The van der Waals surface area contributed by atoms with Crippen LogP contribution in [0, 0.1) is 6.92 Å². The Labute approximate surface area is 62.3 Å². The number of aryl methyl sites for hydroxylation is 1.